The number of hydrogen-bond donors (Lipinski definition) is 2. The van der Waals surface area contributed by atoms with E-state index in [1.807, 2.05) is 56.4 Å². The predicted octanol–water partition coefficient (Wildman–Crippen LogP) is 3.35. The van der Waals surface area contributed by atoms with Crippen LogP contribution in [0.1, 0.15) is 31.0 Å². The first-order valence-electron chi connectivity index (χ1n) is 11.2. The van der Waals surface area contributed by atoms with Crippen molar-refractivity contribution in [3.63, 3.8) is 0 Å². The quantitative estimate of drug-likeness (QED) is 0.374. The van der Waals surface area contributed by atoms with Gasteiger partial charge in [0.25, 0.3) is 0 Å². The molecule has 1 aromatic carbocycles. The molecule has 4 heterocycles. The molecular formula is C25H23N9O. The van der Waals surface area contributed by atoms with Crippen LogP contribution in [0, 0.1) is 11.3 Å². The maximum Gasteiger partial charge on any atom is 0.164 e. The average Bonchev–Trinajstić information content (AvgIpc) is 3.52. The summed E-state index contributed by atoms with van der Waals surface area (Å²) in [5, 5.41) is 36.4. The fourth-order valence-corrected chi connectivity index (χ4v) is 3.91. The smallest absolute Gasteiger partial charge is 0.164 e. The van der Waals surface area contributed by atoms with Crippen LogP contribution >= 0.6 is 0 Å². The Balaban J connectivity index is 1.54. The van der Waals surface area contributed by atoms with E-state index in [1.54, 1.807) is 27.8 Å². The summed E-state index contributed by atoms with van der Waals surface area (Å²) >= 11 is 0. The van der Waals surface area contributed by atoms with Gasteiger partial charge in [-0.2, -0.15) is 15.0 Å². The fourth-order valence-electron chi connectivity index (χ4n) is 3.91. The number of nitrogens with one attached hydrogen (secondary N) is 1. The highest BCUT2D eigenvalue weighted by Crippen LogP contribution is 2.30. The first-order valence-corrected chi connectivity index (χ1v) is 11.2. The van der Waals surface area contributed by atoms with Gasteiger partial charge in [-0.25, -0.2) is 14.6 Å². The maximum absolute atomic E-state index is 10.0. The predicted molar refractivity (Wildman–Crippen MR) is 131 cm³/mol. The van der Waals surface area contributed by atoms with Crippen LogP contribution in [0.5, 0.6) is 0 Å². The lowest BCUT2D eigenvalue weighted by atomic mass is 10.1. The summed E-state index contributed by atoms with van der Waals surface area (Å²) in [7, 11) is 0. The summed E-state index contributed by atoms with van der Waals surface area (Å²) < 4.78 is 3.30. The molecule has 1 atom stereocenters. The minimum atomic E-state index is -0.342. The zero-order chi connectivity index (χ0) is 24.4. The third kappa shape index (κ3) is 4.32. The summed E-state index contributed by atoms with van der Waals surface area (Å²) in [4.78, 5) is 9.01. The number of anilines is 1. The molecule has 5 aromatic rings. The van der Waals surface area contributed by atoms with Crippen molar-refractivity contribution >= 4 is 16.7 Å². The molecule has 4 aromatic heterocycles. The Hall–Kier alpha value is -4.62. The topological polar surface area (TPSA) is 130 Å². The van der Waals surface area contributed by atoms with Crippen LogP contribution in [0.4, 0.5) is 5.69 Å². The molecule has 0 unspecified atom stereocenters. The molecule has 10 nitrogen and oxygen atoms in total. The monoisotopic (exact) mass is 465 g/mol. The minimum Gasteiger partial charge on any atom is -0.394 e. The SMILES string of the molecule is CC(C)Nc1cc(-n2ncc3cc(C#N)cnc32)ncc1-c1cn([C@H](CO)c2ccccc2)nn1. The molecule has 5 rings (SSSR count). The van der Waals surface area contributed by atoms with E-state index in [9.17, 15) is 5.11 Å². The Bertz CT molecular complexity index is 1520. The Morgan fingerprint density at radius 1 is 1.09 bits per heavy atom. The molecule has 174 valence electrons. The largest absolute Gasteiger partial charge is 0.394 e. The lowest BCUT2D eigenvalue weighted by Crippen LogP contribution is -2.15. The van der Waals surface area contributed by atoms with Crippen LogP contribution in [-0.4, -0.2) is 52.5 Å². The zero-order valence-electron chi connectivity index (χ0n) is 19.2. The van der Waals surface area contributed by atoms with E-state index in [4.69, 9.17) is 5.26 Å². The van der Waals surface area contributed by atoms with Gasteiger partial charge in [0.15, 0.2) is 11.5 Å². The highest BCUT2D eigenvalue weighted by Gasteiger charge is 2.19. The molecule has 0 aliphatic rings. The second-order valence-electron chi connectivity index (χ2n) is 8.38. The van der Waals surface area contributed by atoms with Crippen molar-refractivity contribution in [1.82, 2.24) is 34.7 Å². The second kappa shape index (κ2) is 9.32. The molecular weight excluding hydrogens is 442 g/mol. The molecule has 0 bridgehead atoms. The normalized spacial score (nSPS) is 12.1. The summed E-state index contributed by atoms with van der Waals surface area (Å²) in [6.45, 7) is 3.99. The highest BCUT2D eigenvalue weighted by molar-refractivity contribution is 5.79. The highest BCUT2D eigenvalue weighted by atomic mass is 16.3. The van der Waals surface area contributed by atoms with Gasteiger partial charge >= 0.3 is 0 Å². The van der Waals surface area contributed by atoms with E-state index >= 15 is 0 Å². The number of nitriles is 1. The van der Waals surface area contributed by atoms with Gasteiger partial charge in [-0.15, -0.1) is 5.10 Å². The number of hydrogen-bond acceptors (Lipinski definition) is 8. The molecule has 10 heteroatoms. The summed E-state index contributed by atoms with van der Waals surface area (Å²) in [5.74, 6) is 0.578. The van der Waals surface area contributed by atoms with E-state index in [0.29, 0.717) is 22.7 Å². The molecule has 0 saturated heterocycles. The maximum atomic E-state index is 10.0. The lowest BCUT2D eigenvalue weighted by Gasteiger charge is -2.15. The Labute approximate surface area is 201 Å². The van der Waals surface area contributed by atoms with Crippen LogP contribution in [0.25, 0.3) is 28.1 Å². The second-order valence-corrected chi connectivity index (χ2v) is 8.38. The van der Waals surface area contributed by atoms with Crippen molar-refractivity contribution in [3.8, 4) is 23.1 Å². The van der Waals surface area contributed by atoms with Gasteiger partial charge < -0.3 is 10.4 Å². The molecule has 0 radical (unpaired) electrons. The van der Waals surface area contributed by atoms with Crippen molar-refractivity contribution in [2.45, 2.75) is 25.9 Å². The van der Waals surface area contributed by atoms with E-state index < -0.39 is 0 Å². The summed E-state index contributed by atoms with van der Waals surface area (Å²) in [6, 6.07) is 15.2. The third-order valence-electron chi connectivity index (χ3n) is 5.55. The van der Waals surface area contributed by atoms with Crippen LogP contribution < -0.4 is 5.32 Å². The van der Waals surface area contributed by atoms with E-state index in [-0.39, 0.29) is 18.7 Å². The Morgan fingerprint density at radius 2 is 1.91 bits per heavy atom. The number of fused-ring (bicyclic) bond motifs is 1. The van der Waals surface area contributed by atoms with Crippen molar-refractivity contribution in [2.24, 2.45) is 0 Å². The van der Waals surface area contributed by atoms with Crippen molar-refractivity contribution in [2.75, 3.05) is 11.9 Å². The number of aromatic nitrogens is 7. The Morgan fingerprint density at radius 3 is 2.66 bits per heavy atom. The van der Waals surface area contributed by atoms with E-state index in [2.05, 4.69) is 36.8 Å². The number of benzene rings is 1. The zero-order valence-corrected chi connectivity index (χ0v) is 19.2. The molecule has 0 aliphatic heterocycles. The number of rotatable bonds is 7. The molecule has 0 fully saturated rings. The Kier molecular flexibility index (Phi) is 5.91. The minimum absolute atomic E-state index is 0.103. The van der Waals surface area contributed by atoms with Crippen LogP contribution in [-0.2, 0) is 0 Å². The summed E-state index contributed by atoms with van der Waals surface area (Å²) in [6.07, 6.45) is 6.72. The van der Waals surface area contributed by atoms with Gasteiger partial charge in [0.2, 0.25) is 0 Å². The van der Waals surface area contributed by atoms with Gasteiger partial charge in [0.05, 0.1) is 24.6 Å². The van der Waals surface area contributed by atoms with Gasteiger partial charge in [0, 0.05) is 41.1 Å². The van der Waals surface area contributed by atoms with Gasteiger partial charge in [-0.3, -0.25) is 0 Å². The number of nitrogens with zero attached hydrogens (tertiary/aromatic N) is 8. The lowest BCUT2D eigenvalue weighted by molar-refractivity contribution is 0.239. The molecule has 0 saturated carbocycles. The van der Waals surface area contributed by atoms with Crippen molar-refractivity contribution < 1.29 is 5.11 Å². The first kappa shape index (κ1) is 22.2. The average molecular weight is 466 g/mol. The third-order valence-corrected chi connectivity index (χ3v) is 5.55. The summed E-state index contributed by atoms with van der Waals surface area (Å²) in [5.41, 5.74) is 4.24. The fraction of sp³-hybridized carbons (Fsp3) is 0.200. The van der Waals surface area contributed by atoms with Crippen LogP contribution in [0.2, 0.25) is 0 Å². The molecule has 35 heavy (non-hydrogen) atoms. The molecule has 0 aliphatic carbocycles. The number of pyridine rings is 2. The van der Waals surface area contributed by atoms with Gasteiger partial charge in [-0.05, 0) is 25.5 Å². The first-order chi connectivity index (χ1) is 17.1. The van der Waals surface area contributed by atoms with Crippen LogP contribution in [0.3, 0.4) is 0 Å². The van der Waals surface area contributed by atoms with E-state index in [1.165, 1.54) is 6.20 Å². The molecule has 2 N–H and O–H groups in total. The van der Waals surface area contributed by atoms with Gasteiger partial charge in [0.1, 0.15) is 17.8 Å². The van der Waals surface area contributed by atoms with E-state index in [0.717, 1.165) is 22.2 Å². The molecule has 0 spiro atoms. The van der Waals surface area contributed by atoms with Crippen molar-refractivity contribution in [3.05, 3.63) is 78.4 Å². The molecule has 0 amide bonds. The van der Waals surface area contributed by atoms with Crippen LogP contribution in [0.15, 0.2) is 67.3 Å². The van der Waals surface area contributed by atoms with Crippen molar-refractivity contribution in [1.29, 1.82) is 5.26 Å². The number of aliphatic hydroxyl groups is 1. The number of aliphatic hydroxyl groups excluding tert-OH is 1. The van der Waals surface area contributed by atoms with Gasteiger partial charge in [-0.1, -0.05) is 35.5 Å². The standard InChI is InChI=1S/C25H23N9O/c1-16(2)30-21-9-24(34-25-19(12-29-34)8-17(10-26)11-28-25)27-13-20(21)22-14-33(32-31-22)23(15-35)18-6-4-3-5-7-18/h3-9,11-14,16,23,35H,15H2,1-2H3,(H,27,30)/t23-/m1/s1.